The molecule has 1 saturated heterocycles. The molecule has 2 atom stereocenters. The van der Waals surface area contributed by atoms with Crippen LogP contribution in [0, 0.1) is 10.1 Å². The summed E-state index contributed by atoms with van der Waals surface area (Å²) in [5.74, 6) is -1.82. The maximum Gasteiger partial charge on any atom is 0.326 e. The Kier molecular flexibility index (Phi) is 3.49. The van der Waals surface area contributed by atoms with Gasteiger partial charge in [-0.1, -0.05) is 11.3 Å². The van der Waals surface area contributed by atoms with Crippen molar-refractivity contribution in [3.8, 4) is 0 Å². The third-order valence-corrected chi connectivity index (χ3v) is 3.72. The second-order valence-electron chi connectivity index (χ2n) is 4.13. The molecule has 1 aliphatic heterocycles. The number of aliphatic hydroxyl groups excluding tert-OH is 1. The van der Waals surface area contributed by atoms with Crippen molar-refractivity contribution in [2.24, 2.45) is 0 Å². The summed E-state index contributed by atoms with van der Waals surface area (Å²) in [4.78, 5) is 34.0. The quantitative estimate of drug-likeness (QED) is 0.609. The summed E-state index contributed by atoms with van der Waals surface area (Å²) in [5, 5.41) is 30.1. The van der Waals surface area contributed by atoms with E-state index in [0.29, 0.717) is 0 Å². The molecular formula is C10H10N2O6S. The number of β-amino-alcohol motifs (C(OH)–C–C–N with tert-alkyl or cyclic N) is 1. The third-order valence-electron chi connectivity index (χ3n) is 2.84. The SMILES string of the molecule is O=C(O)[C@H]1C[C@@H](O)CN1C(=O)c1csc([N+](=O)[O-])c1. The van der Waals surface area contributed by atoms with Gasteiger partial charge in [0.25, 0.3) is 5.91 Å². The molecule has 1 aromatic rings. The molecule has 102 valence electrons. The zero-order valence-electron chi connectivity index (χ0n) is 9.55. The first-order chi connectivity index (χ1) is 8.90. The van der Waals surface area contributed by atoms with Gasteiger partial charge in [0.15, 0.2) is 0 Å². The van der Waals surface area contributed by atoms with Crippen LogP contribution in [0.5, 0.6) is 0 Å². The maximum atomic E-state index is 12.1. The molecule has 8 nitrogen and oxygen atoms in total. The number of nitrogens with zero attached hydrogens (tertiary/aromatic N) is 2. The van der Waals surface area contributed by atoms with Crippen LogP contribution in [0.3, 0.4) is 0 Å². The Morgan fingerprint density at radius 3 is 2.74 bits per heavy atom. The molecule has 1 amide bonds. The van der Waals surface area contributed by atoms with Crippen LogP contribution < -0.4 is 0 Å². The van der Waals surface area contributed by atoms with Gasteiger partial charge < -0.3 is 15.1 Å². The van der Waals surface area contributed by atoms with Crippen LogP contribution in [0.4, 0.5) is 5.00 Å². The molecule has 0 saturated carbocycles. The largest absolute Gasteiger partial charge is 0.480 e. The lowest BCUT2D eigenvalue weighted by molar-refractivity contribution is -0.380. The van der Waals surface area contributed by atoms with Crippen LogP contribution in [0.1, 0.15) is 16.8 Å². The topological polar surface area (TPSA) is 121 Å². The Morgan fingerprint density at radius 2 is 2.21 bits per heavy atom. The first-order valence-electron chi connectivity index (χ1n) is 5.35. The van der Waals surface area contributed by atoms with Gasteiger partial charge >= 0.3 is 11.0 Å². The summed E-state index contributed by atoms with van der Waals surface area (Å²) >= 11 is 0.799. The number of aliphatic carboxylic acids is 1. The summed E-state index contributed by atoms with van der Waals surface area (Å²) in [6.07, 6.45) is -0.925. The summed E-state index contributed by atoms with van der Waals surface area (Å²) < 4.78 is 0. The fraction of sp³-hybridized carbons (Fsp3) is 0.400. The van der Waals surface area contributed by atoms with Crippen LogP contribution in [0.25, 0.3) is 0 Å². The van der Waals surface area contributed by atoms with Crippen molar-refractivity contribution < 1.29 is 24.7 Å². The first kappa shape index (κ1) is 13.4. The predicted octanol–water partition coefficient (Wildman–Crippen LogP) is 0.316. The molecule has 0 aromatic carbocycles. The van der Waals surface area contributed by atoms with Crippen molar-refractivity contribution in [2.75, 3.05) is 6.54 Å². The van der Waals surface area contributed by atoms with Gasteiger partial charge in [0, 0.05) is 24.4 Å². The van der Waals surface area contributed by atoms with Crippen molar-refractivity contribution in [3.63, 3.8) is 0 Å². The van der Waals surface area contributed by atoms with Crippen LogP contribution in [0.2, 0.25) is 0 Å². The smallest absolute Gasteiger partial charge is 0.326 e. The molecule has 0 unspecified atom stereocenters. The standard InChI is InChI=1S/C10H10N2O6S/c13-6-2-7(10(15)16)11(3-6)9(14)5-1-8(12(17)18)19-4-5/h1,4,6-7,13H,2-3H2,(H,15,16)/t6-,7-/m1/s1. The van der Waals surface area contributed by atoms with Crippen LogP contribution in [0.15, 0.2) is 11.4 Å². The summed E-state index contributed by atoms with van der Waals surface area (Å²) in [6.45, 7) is -0.0839. The van der Waals surface area contributed by atoms with E-state index in [1.165, 1.54) is 5.38 Å². The lowest BCUT2D eigenvalue weighted by Crippen LogP contribution is -2.40. The number of hydrogen-bond acceptors (Lipinski definition) is 6. The van der Waals surface area contributed by atoms with Crippen LogP contribution in [-0.2, 0) is 4.79 Å². The Labute approximate surface area is 111 Å². The number of carboxylic acids is 1. The molecule has 2 N–H and O–H groups in total. The highest BCUT2D eigenvalue weighted by molar-refractivity contribution is 7.13. The average Bonchev–Trinajstić information content (AvgIpc) is 2.94. The minimum Gasteiger partial charge on any atom is -0.480 e. The fourth-order valence-corrected chi connectivity index (χ4v) is 2.67. The van der Waals surface area contributed by atoms with Gasteiger partial charge in [-0.2, -0.15) is 0 Å². The van der Waals surface area contributed by atoms with E-state index in [-0.39, 0.29) is 23.5 Å². The van der Waals surface area contributed by atoms with Crippen LogP contribution >= 0.6 is 11.3 Å². The number of aliphatic hydroxyl groups is 1. The molecule has 1 aliphatic rings. The summed E-state index contributed by atoms with van der Waals surface area (Å²) in [5.41, 5.74) is 0.0667. The molecule has 1 fully saturated rings. The third kappa shape index (κ3) is 2.56. The summed E-state index contributed by atoms with van der Waals surface area (Å²) in [7, 11) is 0. The lowest BCUT2D eigenvalue weighted by atomic mass is 10.2. The zero-order chi connectivity index (χ0) is 14.2. The number of hydrogen-bond donors (Lipinski definition) is 2. The maximum absolute atomic E-state index is 12.1. The minimum atomic E-state index is -1.20. The van der Waals surface area contributed by atoms with Crippen LogP contribution in [-0.4, -0.2) is 50.6 Å². The van der Waals surface area contributed by atoms with Gasteiger partial charge in [0.1, 0.15) is 6.04 Å². The number of carbonyl (C=O) groups excluding carboxylic acids is 1. The zero-order valence-corrected chi connectivity index (χ0v) is 10.4. The van der Waals surface area contributed by atoms with Gasteiger partial charge in [-0.25, -0.2) is 4.79 Å². The predicted molar refractivity (Wildman–Crippen MR) is 64.1 cm³/mol. The fourth-order valence-electron chi connectivity index (χ4n) is 1.97. The van der Waals surface area contributed by atoms with Gasteiger partial charge in [-0.15, -0.1) is 0 Å². The van der Waals surface area contributed by atoms with E-state index in [2.05, 4.69) is 0 Å². The van der Waals surface area contributed by atoms with Crippen molar-refractivity contribution in [2.45, 2.75) is 18.6 Å². The van der Waals surface area contributed by atoms with Crippen molar-refractivity contribution in [3.05, 3.63) is 27.1 Å². The highest BCUT2D eigenvalue weighted by atomic mass is 32.1. The van der Waals surface area contributed by atoms with E-state index in [9.17, 15) is 24.8 Å². The summed E-state index contributed by atoms with van der Waals surface area (Å²) in [6, 6.07) is 0.0119. The van der Waals surface area contributed by atoms with Crippen molar-refractivity contribution >= 4 is 28.2 Å². The van der Waals surface area contributed by atoms with Crippen molar-refractivity contribution in [1.29, 1.82) is 0 Å². The highest BCUT2D eigenvalue weighted by Gasteiger charge is 2.39. The minimum absolute atomic E-state index is 0.0344. The van der Waals surface area contributed by atoms with E-state index in [4.69, 9.17) is 5.11 Å². The number of amides is 1. The average molecular weight is 286 g/mol. The lowest BCUT2D eigenvalue weighted by Gasteiger charge is -2.20. The van der Waals surface area contributed by atoms with Gasteiger partial charge in [-0.3, -0.25) is 14.9 Å². The Bertz CT molecular complexity index is 542. The van der Waals surface area contributed by atoms with E-state index < -0.39 is 28.9 Å². The van der Waals surface area contributed by atoms with Gasteiger partial charge in [-0.05, 0) is 0 Å². The molecular weight excluding hydrogens is 276 g/mol. The molecule has 2 heterocycles. The molecule has 9 heteroatoms. The van der Waals surface area contributed by atoms with E-state index in [1.54, 1.807) is 0 Å². The molecule has 0 radical (unpaired) electrons. The van der Waals surface area contributed by atoms with Crippen molar-refractivity contribution in [1.82, 2.24) is 4.90 Å². The number of nitro groups is 1. The molecule has 0 aliphatic carbocycles. The van der Waals surface area contributed by atoms with E-state index in [0.717, 1.165) is 22.3 Å². The molecule has 0 bridgehead atoms. The molecule has 1 aromatic heterocycles. The monoisotopic (exact) mass is 286 g/mol. The molecule has 0 spiro atoms. The van der Waals surface area contributed by atoms with E-state index >= 15 is 0 Å². The number of carbonyl (C=O) groups is 2. The Balaban J connectivity index is 2.22. The Morgan fingerprint density at radius 1 is 1.53 bits per heavy atom. The Hall–Kier alpha value is -2.00. The van der Waals surface area contributed by atoms with E-state index in [1.807, 2.05) is 0 Å². The van der Waals surface area contributed by atoms with Gasteiger partial charge in [0.05, 0.1) is 16.6 Å². The normalized spacial score (nSPS) is 22.5. The number of thiophene rings is 1. The van der Waals surface area contributed by atoms with Gasteiger partial charge in [0.2, 0.25) is 0 Å². The molecule has 19 heavy (non-hydrogen) atoms. The second kappa shape index (κ2) is 4.94. The first-order valence-corrected chi connectivity index (χ1v) is 6.23. The second-order valence-corrected chi connectivity index (χ2v) is 5.02. The number of carboxylic acid groups (broad SMARTS) is 1. The molecule has 2 rings (SSSR count). The number of rotatable bonds is 3. The number of likely N-dealkylation sites (tertiary alicyclic amines) is 1. The highest BCUT2D eigenvalue weighted by Crippen LogP contribution is 2.26.